The minimum absolute atomic E-state index is 0.0854. The van der Waals surface area contributed by atoms with Crippen LogP contribution in [-0.2, 0) is 0 Å². The monoisotopic (exact) mass is 374 g/mol. The Kier molecular flexibility index (Phi) is 4.65. The number of nitrogens with one attached hydrogen (secondary N) is 1. The second-order valence-corrected chi connectivity index (χ2v) is 7.87. The fraction of sp³-hybridized carbons (Fsp3) is 0.353. The summed E-state index contributed by atoms with van der Waals surface area (Å²) in [5.74, 6) is -0.362. The first-order valence-corrected chi connectivity index (χ1v) is 10.0. The molecule has 1 aliphatic rings. The third-order valence-electron chi connectivity index (χ3n) is 4.50. The molecule has 0 bridgehead atoms. The van der Waals surface area contributed by atoms with Gasteiger partial charge in [-0.15, -0.1) is 22.7 Å². The van der Waals surface area contributed by atoms with Crippen LogP contribution < -0.4 is 10.9 Å². The lowest BCUT2D eigenvalue weighted by Gasteiger charge is -2.26. The molecule has 4 rings (SSSR count). The second-order valence-electron chi connectivity index (χ2n) is 6.02. The first kappa shape index (κ1) is 16.4. The third kappa shape index (κ3) is 3.24. The number of aromatic nitrogens is 2. The standard InChI is InChI=1S/C17H18N4O2S2/c22-15(12-10-19-17-21(16(12)23)7-9-25-17)18-11-13(14-4-3-8-24-14)20-5-1-2-6-20/h3-4,7-10,13H,1-2,5-6,11H2,(H,18,22). The molecule has 6 nitrogen and oxygen atoms in total. The molecular weight excluding hydrogens is 356 g/mol. The van der Waals surface area contributed by atoms with Crippen LogP contribution in [0.2, 0.25) is 0 Å². The number of hydrogen-bond donors (Lipinski definition) is 1. The normalized spacial score (nSPS) is 16.3. The van der Waals surface area contributed by atoms with Crippen molar-refractivity contribution < 1.29 is 4.79 Å². The van der Waals surface area contributed by atoms with Crippen molar-refractivity contribution >= 4 is 33.5 Å². The van der Waals surface area contributed by atoms with Gasteiger partial charge in [0.25, 0.3) is 11.5 Å². The maximum Gasteiger partial charge on any atom is 0.271 e. The van der Waals surface area contributed by atoms with Crippen LogP contribution in [0.25, 0.3) is 4.96 Å². The largest absolute Gasteiger partial charge is 0.350 e. The van der Waals surface area contributed by atoms with Crippen molar-refractivity contribution in [1.29, 1.82) is 0 Å². The van der Waals surface area contributed by atoms with E-state index in [1.807, 2.05) is 6.07 Å². The van der Waals surface area contributed by atoms with Gasteiger partial charge in [-0.3, -0.25) is 18.9 Å². The van der Waals surface area contributed by atoms with Crippen LogP contribution in [0.3, 0.4) is 0 Å². The number of thiophene rings is 1. The zero-order valence-electron chi connectivity index (χ0n) is 13.6. The molecule has 0 aliphatic carbocycles. The molecule has 1 N–H and O–H groups in total. The molecule has 0 radical (unpaired) electrons. The van der Waals surface area contributed by atoms with E-state index in [-0.39, 0.29) is 23.1 Å². The van der Waals surface area contributed by atoms with E-state index in [2.05, 4.69) is 26.6 Å². The highest BCUT2D eigenvalue weighted by molar-refractivity contribution is 7.15. The van der Waals surface area contributed by atoms with Crippen molar-refractivity contribution in [1.82, 2.24) is 19.6 Å². The van der Waals surface area contributed by atoms with Crippen LogP contribution in [0.5, 0.6) is 0 Å². The van der Waals surface area contributed by atoms with Gasteiger partial charge < -0.3 is 5.32 Å². The maximum absolute atomic E-state index is 12.5. The Morgan fingerprint density at radius 1 is 1.28 bits per heavy atom. The van der Waals surface area contributed by atoms with Crippen LogP contribution in [0.4, 0.5) is 0 Å². The van der Waals surface area contributed by atoms with Crippen LogP contribution in [0.1, 0.15) is 34.1 Å². The molecule has 130 valence electrons. The number of likely N-dealkylation sites (tertiary alicyclic amines) is 1. The summed E-state index contributed by atoms with van der Waals surface area (Å²) in [6.07, 6.45) is 5.40. The van der Waals surface area contributed by atoms with Gasteiger partial charge in [0, 0.05) is 29.2 Å². The molecule has 25 heavy (non-hydrogen) atoms. The van der Waals surface area contributed by atoms with Crippen molar-refractivity contribution in [3.8, 4) is 0 Å². The van der Waals surface area contributed by atoms with E-state index >= 15 is 0 Å². The predicted molar refractivity (Wildman–Crippen MR) is 99.5 cm³/mol. The number of rotatable bonds is 5. The zero-order valence-corrected chi connectivity index (χ0v) is 15.2. The molecule has 1 fully saturated rings. The van der Waals surface area contributed by atoms with Gasteiger partial charge in [0.15, 0.2) is 4.96 Å². The molecule has 8 heteroatoms. The number of fused-ring (bicyclic) bond motifs is 1. The van der Waals surface area contributed by atoms with Gasteiger partial charge in [0.05, 0.1) is 6.04 Å². The van der Waals surface area contributed by atoms with E-state index in [1.165, 1.54) is 39.7 Å². The quantitative estimate of drug-likeness (QED) is 0.745. The Balaban J connectivity index is 1.52. The fourth-order valence-corrected chi connectivity index (χ4v) is 4.74. The average molecular weight is 374 g/mol. The van der Waals surface area contributed by atoms with Gasteiger partial charge >= 0.3 is 0 Å². The van der Waals surface area contributed by atoms with Crippen molar-refractivity contribution in [3.63, 3.8) is 0 Å². The molecule has 3 aromatic heterocycles. The van der Waals surface area contributed by atoms with Crippen LogP contribution in [-0.4, -0.2) is 39.8 Å². The van der Waals surface area contributed by atoms with Gasteiger partial charge in [0.2, 0.25) is 0 Å². The first-order valence-electron chi connectivity index (χ1n) is 8.24. The number of thiazole rings is 1. The average Bonchev–Trinajstić information content (AvgIpc) is 3.37. The first-order chi connectivity index (χ1) is 12.2. The molecule has 0 aromatic carbocycles. The molecule has 3 aromatic rings. The van der Waals surface area contributed by atoms with E-state index in [4.69, 9.17) is 0 Å². The Bertz CT molecular complexity index is 926. The Morgan fingerprint density at radius 2 is 2.12 bits per heavy atom. The minimum Gasteiger partial charge on any atom is -0.350 e. The van der Waals surface area contributed by atoms with Crippen LogP contribution >= 0.6 is 22.7 Å². The number of amides is 1. The van der Waals surface area contributed by atoms with E-state index in [0.717, 1.165) is 13.1 Å². The summed E-state index contributed by atoms with van der Waals surface area (Å²) in [7, 11) is 0. The molecule has 1 saturated heterocycles. The lowest BCUT2D eigenvalue weighted by molar-refractivity contribution is 0.0936. The second kappa shape index (κ2) is 7.07. The smallest absolute Gasteiger partial charge is 0.271 e. The van der Waals surface area contributed by atoms with Crippen molar-refractivity contribution in [2.45, 2.75) is 18.9 Å². The number of hydrogen-bond acceptors (Lipinski definition) is 6. The van der Waals surface area contributed by atoms with Crippen LogP contribution in [0.15, 0.2) is 40.1 Å². The van der Waals surface area contributed by atoms with Gasteiger partial charge in [-0.1, -0.05) is 6.07 Å². The summed E-state index contributed by atoms with van der Waals surface area (Å²) < 4.78 is 1.41. The van der Waals surface area contributed by atoms with Crippen molar-refractivity contribution in [3.05, 3.63) is 56.1 Å². The summed E-state index contributed by atoms with van der Waals surface area (Å²) in [5, 5.41) is 6.78. The number of nitrogens with zero attached hydrogens (tertiary/aromatic N) is 3. The molecule has 1 amide bonds. The highest BCUT2D eigenvalue weighted by Crippen LogP contribution is 2.27. The number of carbonyl (C=O) groups excluding carboxylic acids is 1. The molecule has 4 heterocycles. The summed E-state index contributed by atoms with van der Waals surface area (Å²) in [4.78, 5) is 33.4. The van der Waals surface area contributed by atoms with Gasteiger partial charge in [-0.2, -0.15) is 0 Å². The van der Waals surface area contributed by atoms with Gasteiger partial charge in [-0.25, -0.2) is 4.98 Å². The molecular formula is C17H18N4O2S2. The van der Waals surface area contributed by atoms with Crippen LogP contribution in [0, 0.1) is 0 Å². The van der Waals surface area contributed by atoms with Crippen molar-refractivity contribution in [2.75, 3.05) is 19.6 Å². The topological polar surface area (TPSA) is 66.7 Å². The van der Waals surface area contributed by atoms with Gasteiger partial charge in [-0.05, 0) is 37.4 Å². The molecule has 0 spiro atoms. The lowest BCUT2D eigenvalue weighted by Crippen LogP contribution is -2.38. The third-order valence-corrected chi connectivity index (χ3v) is 6.24. The maximum atomic E-state index is 12.5. The van der Waals surface area contributed by atoms with E-state index in [1.54, 1.807) is 22.9 Å². The summed E-state index contributed by atoms with van der Waals surface area (Å²) in [6, 6.07) is 4.30. The van der Waals surface area contributed by atoms with Gasteiger partial charge in [0.1, 0.15) is 5.56 Å². The highest BCUT2D eigenvalue weighted by Gasteiger charge is 2.25. The SMILES string of the molecule is O=C(NCC(c1cccs1)N1CCCC1)c1cnc2sccn2c1=O. The number of carbonyl (C=O) groups is 1. The fourth-order valence-electron chi connectivity index (χ4n) is 3.21. The summed E-state index contributed by atoms with van der Waals surface area (Å²) >= 11 is 3.07. The molecule has 0 saturated carbocycles. The molecule has 1 atom stereocenters. The minimum atomic E-state index is -0.362. The van der Waals surface area contributed by atoms with Crippen molar-refractivity contribution in [2.24, 2.45) is 0 Å². The highest BCUT2D eigenvalue weighted by atomic mass is 32.1. The summed E-state index contributed by atoms with van der Waals surface area (Å²) in [6.45, 7) is 2.58. The molecule has 1 unspecified atom stereocenters. The lowest BCUT2D eigenvalue weighted by atomic mass is 10.2. The van der Waals surface area contributed by atoms with E-state index in [9.17, 15) is 9.59 Å². The Hall–Kier alpha value is -2.03. The predicted octanol–water partition coefficient (Wildman–Crippen LogP) is 2.38. The summed E-state index contributed by atoms with van der Waals surface area (Å²) in [5.41, 5.74) is -0.236. The Morgan fingerprint density at radius 3 is 2.88 bits per heavy atom. The Labute approximate surface area is 152 Å². The molecule has 1 aliphatic heterocycles. The van der Waals surface area contributed by atoms with E-state index in [0.29, 0.717) is 11.5 Å². The zero-order chi connectivity index (χ0) is 17.2. The van der Waals surface area contributed by atoms with E-state index < -0.39 is 0 Å².